The van der Waals surface area contributed by atoms with Gasteiger partial charge in [-0.05, 0) is 32.1 Å². The number of carbonyl (C=O) groups is 2. The Bertz CT molecular complexity index is 518. The Kier molecular flexibility index (Phi) is 5.98. The fraction of sp³-hybridized carbons (Fsp3) is 0.688. The molecule has 1 fully saturated rings. The van der Waals surface area contributed by atoms with Gasteiger partial charge in [0.1, 0.15) is 11.3 Å². The fourth-order valence-corrected chi connectivity index (χ4v) is 2.82. The lowest BCUT2D eigenvalue weighted by Gasteiger charge is -2.21. The van der Waals surface area contributed by atoms with E-state index in [-0.39, 0.29) is 12.5 Å². The topological polar surface area (TPSA) is 81.4 Å². The molecule has 0 aliphatic heterocycles. The van der Waals surface area contributed by atoms with Gasteiger partial charge in [-0.1, -0.05) is 31.3 Å². The van der Waals surface area contributed by atoms with Crippen molar-refractivity contribution in [2.75, 3.05) is 13.2 Å². The van der Waals surface area contributed by atoms with Crippen molar-refractivity contribution in [2.24, 2.45) is 5.92 Å². The zero-order valence-electron chi connectivity index (χ0n) is 13.3. The number of ether oxygens (including phenoxy) is 1. The van der Waals surface area contributed by atoms with Gasteiger partial charge in [0.2, 0.25) is 0 Å². The SMILES string of the molecule is CCc1noc(C)c1C(=O)OCC(=O)NCC1CCCCC1. The molecule has 6 nitrogen and oxygen atoms in total. The van der Waals surface area contributed by atoms with Gasteiger partial charge in [-0.2, -0.15) is 0 Å². The third kappa shape index (κ3) is 4.32. The van der Waals surface area contributed by atoms with E-state index in [0.29, 0.717) is 35.9 Å². The number of esters is 1. The predicted octanol–water partition coefficient (Wildman–Crippen LogP) is 2.40. The maximum atomic E-state index is 12.0. The van der Waals surface area contributed by atoms with E-state index >= 15 is 0 Å². The smallest absolute Gasteiger partial charge is 0.344 e. The third-order valence-corrected chi connectivity index (χ3v) is 4.12. The minimum atomic E-state index is -0.552. The summed E-state index contributed by atoms with van der Waals surface area (Å²) in [5.41, 5.74) is 0.896. The van der Waals surface area contributed by atoms with Gasteiger partial charge in [0.05, 0.1) is 5.69 Å². The zero-order chi connectivity index (χ0) is 15.9. The molecule has 0 saturated heterocycles. The number of rotatable bonds is 6. The second kappa shape index (κ2) is 7.96. The van der Waals surface area contributed by atoms with Crippen molar-refractivity contribution in [3.05, 3.63) is 17.0 Å². The van der Waals surface area contributed by atoms with Crippen LogP contribution in [-0.4, -0.2) is 30.2 Å². The fourth-order valence-electron chi connectivity index (χ4n) is 2.82. The van der Waals surface area contributed by atoms with E-state index in [2.05, 4.69) is 10.5 Å². The summed E-state index contributed by atoms with van der Waals surface area (Å²) in [4.78, 5) is 23.8. The van der Waals surface area contributed by atoms with Crippen LogP contribution in [0, 0.1) is 12.8 Å². The molecule has 1 N–H and O–H groups in total. The summed E-state index contributed by atoms with van der Waals surface area (Å²) in [6, 6.07) is 0. The van der Waals surface area contributed by atoms with Crippen LogP contribution >= 0.6 is 0 Å². The molecule has 1 aliphatic carbocycles. The van der Waals surface area contributed by atoms with Crippen molar-refractivity contribution in [3.8, 4) is 0 Å². The molecule has 22 heavy (non-hydrogen) atoms. The number of carbonyl (C=O) groups excluding carboxylic acids is 2. The highest BCUT2D eigenvalue weighted by molar-refractivity contribution is 5.93. The molecule has 6 heteroatoms. The number of nitrogens with one attached hydrogen (secondary N) is 1. The van der Waals surface area contributed by atoms with Gasteiger partial charge in [-0.25, -0.2) is 4.79 Å². The van der Waals surface area contributed by atoms with E-state index < -0.39 is 5.97 Å². The maximum absolute atomic E-state index is 12.0. The molecule has 122 valence electrons. The summed E-state index contributed by atoms with van der Waals surface area (Å²) in [6.45, 7) is 3.94. The van der Waals surface area contributed by atoms with Gasteiger partial charge in [0, 0.05) is 6.54 Å². The third-order valence-electron chi connectivity index (χ3n) is 4.12. The Morgan fingerprint density at radius 3 is 2.73 bits per heavy atom. The zero-order valence-corrected chi connectivity index (χ0v) is 13.3. The van der Waals surface area contributed by atoms with Crippen molar-refractivity contribution in [3.63, 3.8) is 0 Å². The standard InChI is InChI=1S/C16H24N2O4/c1-3-13-15(11(2)22-18-13)16(20)21-10-14(19)17-9-12-7-5-4-6-8-12/h12H,3-10H2,1-2H3,(H,17,19). The molecule has 1 amide bonds. The van der Waals surface area contributed by atoms with Gasteiger partial charge in [-0.15, -0.1) is 0 Å². The van der Waals surface area contributed by atoms with E-state index in [0.717, 1.165) is 0 Å². The Morgan fingerprint density at radius 2 is 2.05 bits per heavy atom. The van der Waals surface area contributed by atoms with Gasteiger partial charge < -0.3 is 14.6 Å². The molecule has 0 atom stereocenters. The highest BCUT2D eigenvalue weighted by Gasteiger charge is 2.21. The van der Waals surface area contributed by atoms with Crippen LogP contribution in [0.2, 0.25) is 0 Å². The second-order valence-electron chi connectivity index (χ2n) is 5.80. The Labute approximate surface area is 130 Å². The van der Waals surface area contributed by atoms with E-state index in [4.69, 9.17) is 9.26 Å². The number of aromatic nitrogens is 1. The lowest BCUT2D eigenvalue weighted by molar-refractivity contribution is -0.124. The van der Waals surface area contributed by atoms with Crippen LogP contribution in [0.3, 0.4) is 0 Å². The van der Waals surface area contributed by atoms with Gasteiger partial charge in [0.15, 0.2) is 6.61 Å². The number of hydrogen-bond donors (Lipinski definition) is 1. The van der Waals surface area contributed by atoms with Gasteiger partial charge in [-0.3, -0.25) is 4.79 Å². The minimum Gasteiger partial charge on any atom is -0.452 e. The monoisotopic (exact) mass is 308 g/mol. The first-order valence-electron chi connectivity index (χ1n) is 8.00. The summed E-state index contributed by atoms with van der Waals surface area (Å²) >= 11 is 0. The number of nitrogens with zero attached hydrogens (tertiary/aromatic N) is 1. The molecular formula is C16H24N2O4. The molecule has 1 aromatic rings. The van der Waals surface area contributed by atoms with Crippen LogP contribution in [0.4, 0.5) is 0 Å². The van der Waals surface area contributed by atoms with Crippen LogP contribution < -0.4 is 5.32 Å². The van der Waals surface area contributed by atoms with Crippen molar-refractivity contribution in [1.82, 2.24) is 10.5 Å². The second-order valence-corrected chi connectivity index (χ2v) is 5.80. The normalized spacial score (nSPS) is 15.5. The first-order chi connectivity index (χ1) is 10.6. The lowest BCUT2D eigenvalue weighted by atomic mass is 9.89. The van der Waals surface area contributed by atoms with Crippen molar-refractivity contribution >= 4 is 11.9 Å². The Hall–Kier alpha value is -1.85. The van der Waals surface area contributed by atoms with Crippen LogP contribution in [0.5, 0.6) is 0 Å². The highest BCUT2D eigenvalue weighted by Crippen LogP contribution is 2.22. The largest absolute Gasteiger partial charge is 0.452 e. The Morgan fingerprint density at radius 1 is 1.32 bits per heavy atom. The maximum Gasteiger partial charge on any atom is 0.344 e. The lowest BCUT2D eigenvalue weighted by Crippen LogP contribution is -2.33. The number of hydrogen-bond acceptors (Lipinski definition) is 5. The van der Waals surface area contributed by atoms with Crippen molar-refractivity contribution in [2.45, 2.75) is 52.4 Å². The summed E-state index contributed by atoms with van der Waals surface area (Å²) in [5.74, 6) is 0.166. The quantitative estimate of drug-likeness (QED) is 0.816. The number of aryl methyl sites for hydroxylation is 2. The molecule has 2 rings (SSSR count). The molecule has 0 bridgehead atoms. The van der Waals surface area contributed by atoms with Crippen LogP contribution in [-0.2, 0) is 16.0 Å². The number of amides is 1. The molecule has 0 unspecified atom stereocenters. The van der Waals surface area contributed by atoms with Crippen molar-refractivity contribution < 1.29 is 18.8 Å². The van der Waals surface area contributed by atoms with Gasteiger partial charge >= 0.3 is 5.97 Å². The predicted molar refractivity (Wildman–Crippen MR) is 80.5 cm³/mol. The van der Waals surface area contributed by atoms with E-state index in [1.54, 1.807) is 6.92 Å². The summed E-state index contributed by atoms with van der Waals surface area (Å²) in [7, 11) is 0. The average molecular weight is 308 g/mol. The van der Waals surface area contributed by atoms with E-state index in [9.17, 15) is 9.59 Å². The van der Waals surface area contributed by atoms with Crippen molar-refractivity contribution in [1.29, 1.82) is 0 Å². The van der Waals surface area contributed by atoms with Crippen LogP contribution in [0.1, 0.15) is 60.8 Å². The molecule has 1 aromatic heterocycles. The minimum absolute atomic E-state index is 0.258. The highest BCUT2D eigenvalue weighted by atomic mass is 16.5. The first-order valence-corrected chi connectivity index (χ1v) is 8.00. The molecule has 1 heterocycles. The van der Waals surface area contributed by atoms with E-state index in [1.807, 2.05) is 6.92 Å². The molecular weight excluding hydrogens is 284 g/mol. The summed E-state index contributed by atoms with van der Waals surface area (Å²) in [5, 5.41) is 6.64. The molecule has 0 spiro atoms. The summed E-state index contributed by atoms with van der Waals surface area (Å²) < 4.78 is 10.1. The average Bonchev–Trinajstić information content (AvgIpc) is 2.92. The van der Waals surface area contributed by atoms with Crippen LogP contribution in [0.15, 0.2) is 4.52 Å². The molecule has 0 aromatic carbocycles. The molecule has 0 radical (unpaired) electrons. The first kappa shape index (κ1) is 16.5. The Balaban J connectivity index is 1.75. The molecule has 1 aliphatic rings. The van der Waals surface area contributed by atoms with E-state index in [1.165, 1.54) is 32.1 Å². The molecule has 1 saturated carbocycles. The van der Waals surface area contributed by atoms with Gasteiger partial charge in [0.25, 0.3) is 5.91 Å². The summed E-state index contributed by atoms with van der Waals surface area (Å²) in [6.07, 6.45) is 6.68. The van der Waals surface area contributed by atoms with Crippen LogP contribution in [0.25, 0.3) is 0 Å².